The fourth-order valence-electron chi connectivity index (χ4n) is 1.89. The second-order valence-electron chi connectivity index (χ2n) is 4.41. The standard InChI is InChI=1S/C14H16F2N2O/c1-2-7-18-9-12(8-17-18)13(19)10-3-5-11(6-4-10)14(15)16/h3-6,8-9,13-14,19H,2,7H2,1H3. The highest BCUT2D eigenvalue weighted by molar-refractivity contribution is 5.30. The zero-order valence-electron chi connectivity index (χ0n) is 10.6. The molecule has 2 aromatic rings. The van der Waals surface area contributed by atoms with Crippen molar-refractivity contribution < 1.29 is 13.9 Å². The Morgan fingerprint density at radius 2 is 1.79 bits per heavy atom. The Bertz CT molecular complexity index is 522. The molecule has 0 spiro atoms. The molecular formula is C14H16F2N2O. The minimum Gasteiger partial charge on any atom is -0.384 e. The van der Waals surface area contributed by atoms with Crippen molar-refractivity contribution in [2.75, 3.05) is 0 Å². The van der Waals surface area contributed by atoms with Gasteiger partial charge in [-0.3, -0.25) is 4.68 Å². The first-order valence-electron chi connectivity index (χ1n) is 6.20. The third-order valence-electron chi connectivity index (χ3n) is 2.93. The van der Waals surface area contributed by atoms with Crippen LogP contribution in [-0.4, -0.2) is 14.9 Å². The lowest BCUT2D eigenvalue weighted by Crippen LogP contribution is -1.99. The first-order chi connectivity index (χ1) is 9.11. The van der Waals surface area contributed by atoms with E-state index in [-0.39, 0.29) is 5.56 Å². The smallest absolute Gasteiger partial charge is 0.263 e. The van der Waals surface area contributed by atoms with Crippen LogP contribution in [0.5, 0.6) is 0 Å². The van der Waals surface area contributed by atoms with Gasteiger partial charge in [-0.1, -0.05) is 31.2 Å². The van der Waals surface area contributed by atoms with Crippen LogP contribution in [0.15, 0.2) is 36.7 Å². The van der Waals surface area contributed by atoms with Crippen LogP contribution in [0.1, 0.15) is 42.6 Å². The number of aromatic nitrogens is 2. The van der Waals surface area contributed by atoms with Crippen LogP contribution in [0.3, 0.4) is 0 Å². The highest BCUT2D eigenvalue weighted by Gasteiger charge is 2.14. The topological polar surface area (TPSA) is 38.0 Å². The van der Waals surface area contributed by atoms with Gasteiger partial charge in [-0.2, -0.15) is 5.10 Å². The van der Waals surface area contributed by atoms with Crippen LogP contribution >= 0.6 is 0 Å². The molecule has 5 heteroatoms. The van der Waals surface area contributed by atoms with Gasteiger partial charge in [0.2, 0.25) is 0 Å². The third kappa shape index (κ3) is 3.17. The number of alkyl halides is 2. The predicted octanol–water partition coefficient (Wildman–Crippen LogP) is 3.31. The summed E-state index contributed by atoms with van der Waals surface area (Å²) in [6.07, 6.45) is 1.01. The summed E-state index contributed by atoms with van der Waals surface area (Å²) in [6, 6.07) is 5.70. The van der Waals surface area contributed by atoms with Gasteiger partial charge in [0.05, 0.1) is 6.20 Å². The van der Waals surface area contributed by atoms with Crippen LogP contribution in [0.4, 0.5) is 8.78 Å². The maximum atomic E-state index is 12.4. The molecule has 0 amide bonds. The van der Waals surface area contributed by atoms with E-state index in [1.165, 1.54) is 24.3 Å². The van der Waals surface area contributed by atoms with E-state index in [2.05, 4.69) is 5.10 Å². The van der Waals surface area contributed by atoms with Crippen molar-refractivity contribution in [2.45, 2.75) is 32.4 Å². The van der Waals surface area contributed by atoms with Crippen LogP contribution < -0.4 is 0 Å². The van der Waals surface area contributed by atoms with Gasteiger partial charge < -0.3 is 5.11 Å². The molecule has 19 heavy (non-hydrogen) atoms. The summed E-state index contributed by atoms with van der Waals surface area (Å²) < 4.78 is 26.6. The van der Waals surface area contributed by atoms with Crippen LogP contribution in [0, 0.1) is 0 Å². The van der Waals surface area contributed by atoms with Gasteiger partial charge in [0.25, 0.3) is 6.43 Å². The normalized spacial score (nSPS) is 12.9. The Labute approximate surface area is 110 Å². The maximum Gasteiger partial charge on any atom is 0.263 e. The van der Waals surface area contributed by atoms with Gasteiger partial charge in [-0.25, -0.2) is 8.78 Å². The Kier molecular flexibility index (Phi) is 4.27. The Balaban J connectivity index is 2.15. The molecule has 0 aliphatic heterocycles. The van der Waals surface area contributed by atoms with E-state index in [0.29, 0.717) is 11.1 Å². The molecule has 2 rings (SSSR count). The van der Waals surface area contributed by atoms with E-state index in [1.807, 2.05) is 6.92 Å². The van der Waals surface area contributed by atoms with Crippen molar-refractivity contribution in [1.29, 1.82) is 0 Å². The van der Waals surface area contributed by atoms with Crippen molar-refractivity contribution in [3.8, 4) is 0 Å². The van der Waals surface area contributed by atoms with Crippen molar-refractivity contribution >= 4 is 0 Å². The Morgan fingerprint density at radius 3 is 2.37 bits per heavy atom. The molecule has 0 aliphatic carbocycles. The monoisotopic (exact) mass is 266 g/mol. The van der Waals surface area contributed by atoms with E-state index >= 15 is 0 Å². The fraction of sp³-hybridized carbons (Fsp3) is 0.357. The first-order valence-corrected chi connectivity index (χ1v) is 6.20. The minimum absolute atomic E-state index is 0.0439. The quantitative estimate of drug-likeness (QED) is 0.901. The number of aliphatic hydroxyl groups is 1. The van der Waals surface area contributed by atoms with E-state index in [0.717, 1.165) is 13.0 Å². The summed E-state index contributed by atoms with van der Waals surface area (Å²) in [5, 5.41) is 14.3. The van der Waals surface area contributed by atoms with Crippen molar-refractivity contribution in [3.05, 3.63) is 53.3 Å². The van der Waals surface area contributed by atoms with E-state index in [1.54, 1.807) is 17.1 Å². The molecule has 0 saturated carbocycles. The van der Waals surface area contributed by atoms with Crippen molar-refractivity contribution in [3.63, 3.8) is 0 Å². The van der Waals surface area contributed by atoms with Crippen LogP contribution in [0.25, 0.3) is 0 Å². The Morgan fingerprint density at radius 1 is 1.16 bits per heavy atom. The van der Waals surface area contributed by atoms with Gasteiger partial charge in [-0.05, 0) is 12.0 Å². The van der Waals surface area contributed by atoms with Gasteiger partial charge in [0, 0.05) is 23.9 Å². The van der Waals surface area contributed by atoms with E-state index < -0.39 is 12.5 Å². The minimum atomic E-state index is -2.49. The summed E-state index contributed by atoms with van der Waals surface area (Å²) in [5.41, 5.74) is 1.20. The number of halogens is 2. The molecule has 102 valence electrons. The van der Waals surface area contributed by atoms with Gasteiger partial charge in [-0.15, -0.1) is 0 Å². The second kappa shape index (κ2) is 5.93. The van der Waals surface area contributed by atoms with Crippen LogP contribution in [-0.2, 0) is 6.54 Å². The number of hydrogen-bond donors (Lipinski definition) is 1. The summed E-state index contributed by atoms with van der Waals surface area (Å²) >= 11 is 0. The molecule has 0 saturated heterocycles. The van der Waals surface area contributed by atoms with Crippen molar-refractivity contribution in [1.82, 2.24) is 9.78 Å². The molecule has 3 nitrogen and oxygen atoms in total. The molecule has 1 heterocycles. The SMILES string of the molecule is CCCn1cc(C(O)c2ccc(C(F)F)cc2)cn1. The fourth-order valence-corrected chi connectivity index (χ4v) is 1.89. The number of benzene rings is 1. The van der Waals surface area contributed by atoms with E-state index in [4.69, 9.17) is 0 Å². The van der Waals surface area contributed by atoms with Gasteiger partial charge in [0.1, 0.15) is 6.10 Å². The number of nitrogens with zero attached hydrogens (tertiary/aromatic N) is 2. The molecule has 1 aromatic carbocycles. The average Bonchev–Trinajstić information content (AvgIpc) is 2.87. The molecule has 0 aliphatic rings. The lowest BCUT2D eigenvalue weighted by Gasteiger charge is -2.09. The number of rotatable bonds is 5. The second-order valence-corrected chi connectivity index (χ2v) is 4.41. The third-order valence-corrected chi connectivity index (χ3v) is 2.93. The molecule has 1 aromatic heterocycles. The number of hydrogen-bond acceptors (Lipinski definition) is 2. The lowest BCUT2D eigenvalue weighted by atomic mass is 10.0. The number of aryl methyl sites for hydroxylation is 1. The molecule has 0 fully saturated rings. The summed E-state index contributed by atoms with van der Waals surface area (Å²) in [5.74, 6) is 0. The van der Waals surface area contributed by atoms with Gasteiger partial charge >= 0.3 is 0 Å². The van der Waals surface area contributed by atoms with E-state index in [9.17, 15) is 13.9 Å². The predicted molar refractivity (Wildman–Crippen MR) is 68.0 cm³/mol. The summed E-state index contributed by atoms with van der Waals surface area (Å²) in [4.78, 5) is 0. The molecule has 0 bridgehead atoms. The maximum absolute atomic E-state index is 12.4. The zero-order chi connectivity index (χ0) is 13.8. The van der Waals surface area contributed by atoms with Crippen molar-refractivity contribution in [2.24, 2.45) is 0 Å². The molecule has 1 N–H and O–H groups in total. The highest BCUT2D eigenvalue weighted by atomic mass is 19.3. The molecular weight excluding hydrogens is 250 g/mol. The highest BCUT2D eigenvalue weighted by Crippen LogP contribution is 2.24. The Hall–Kier alpha value is -1.75. The summed E-state index contributed by atoms with van der Waals surface area (Å²) in [7, 11) is 0. The zero-order valence-corrected chi connectivity index (χ0v) is 10.6. The average molecular weight is 266 g/mol. The van der Waals surface area contributed by atoms with Gasteiger partial charge in [0.15, 0.2) is 0 Å². The largest absolute Gasteiger partial charge is 0.384 e. The first kappa shape index (κ1) is 13.7. The molecule has 0 radical (unpaired) electrons. The molecule has 1 atom stereocenters. The number of aliphatic hydroxyl groups excluding tert-OH is 1. The summed E-state index contributed by atoms with van der Waals surface area (Å²) in [6.45, 7) is 2.83. The lowest BCUT2D eigenvalue weighted by molar-refractivity contribution is 0.151. The molecule has 1 unspecified atom stereocenters. The van der Waals surface area contributed by atoms with Crippen LogP contribution in [0.2, 0.25) is 0 Å².